The number of likely N-dealkylation sites (N-methyl/N-ethyl adjacent to an activating group) is 1. The van der Waals surface area contributed by atoms with Crippen LogP contribution in [0.1, 0.15) is 38.2 Å². The Balaban J connectivity index is 2.70. The molecule has 5 nitrogen and oxygen atoms in total. The molecule has 0 spiro atoms. The Hall–Kier alpha value is -1.14. The summed E-state index contributed by atoms with van der Waals surface area (Å²) in [7, 11) is 0. The summed E-state index contributed by atoms with van der Waals surface area (Å²) in [6.07, 6.45) is 0. The zero-order valence-corrected chi connectivity index (χ0v) is 13.7. The highest BCUT2D eigenvalue weighted by Gasteiger charge is 2.19. The van der Waals surface area contributed by atoms with Crippen LogP contribution in [0, 0.1) is 5.92 Å². The van der Waals surface area contributed by atoms with Crippen LogP contribution >= 0.6 is 11.3 Å². The van der Waals surface area contributed by atoms with Gasteiger partial charge in [-0.1, -0.05) is 27.7 Å². The fourth-order valence-electron chi connectivity index (χ4n) is 2.07. The molecule has 1 rings (SSSR count). The third-order valence-electron chi connectivity index (χ3n) is 3.19. The summed E-state index contributed by atoms with van der Waals surface area (Å²) in [5, 5.41) is 2.18. The van der Waals surface area contributed by atoms with E-state index in [9.17, 15) is 4.79 Å². The van der Waals surface area contributed by atoms with Gasteiger partial charge in [0.25, 0.3) is 5.91 Å². The van der Waals surface area contributed by atoms with E-state index >= 15 is 0 Å². The van der Waals surface area contributed by atoms with Gasteiger partial charge in [-0.3, -0.25) is 4.79 Å². The van der Waals surface area contributed by atoms with Crippen molar-refractivity contribution in [3.05, 3.63) is 11.1 Å². The first kappa shape index (κ1) is 16.9. The Morgan fingerprint density at radius 2 is 2.00 bits per heavy atom. The number of hydrogen-bond donors (Lipinski definition) is 1. The lowest BCUT2D eigenvalue weighted by Gasteiger charge is -2.27. The van der Waals surface area contributed by atoms with Crippen molar-refractivity contribution in [1.82, 2.24) is 14.8 Å². The third-order valence-corrected chi connectivity index (χ3v) is 3.87. The first-order valence-corrected chi connectivity index (χ1v) is 8.08. The number of carbonyl (C=O) groups excluding carboxylic acids is 1. The quantitative estimate of drug-likeness (QED) is 0.799. The van der Waals surface area contributed by atoms with Gasteiger partial charge in [-0.15, -0.1) is 11.3 Å². The van der Waals surface area contributed by atoms with Crippen molar-refractivity contribution < 1.29 is 4.79 Å². The Morgan fingerprint density at radius 1 is 1.35 bits per heavy atom. The number of amides is 1. The second-order valence-corrected chi connectivity index (χ2v) is 6.13. The molecule has 114 valence electrons. The number of thiazole rings is 1. The average molecular weight is 298 g/mol. The van der Waals surface area contributed by atoms with Gasteiger partial charge in [0.1, 0.15) is 5.69 Å². The second-order valence-electron chi connectivity index (χ2n) is 5.24. The van der Waals surface area contributed by atoms with Crippen LogP contribution in [0.2, 0.25) is 0 Å². The summed E-state index contributed by atoms with van der Waals surface area (Å²) in [5.41, 5.74) is 6.08. The van der Waals surface area contributed by atoms with Crippen molar-refractivity contribution in [3.63, 3.8) is 0 Å². The topological polar surface area (TPSA) is 62.5 Å². The van der Waals surface area contributed by atoms with Crippen LogP contribution in [-0.4, -0.2) is 53.4 Å². The van der Waals surface area contributed by atoms with E-state index < -0.39 is 0 Å². The molecule has 0 fully saturated rings. The van der Waals surface area contributed by atoms with Crippen molar-refractivity contribution in [1.29, 1.82) is 0 Å². The monoisotopic (exact) mass is 298 g/mol. The van der Waals surface area contributed by atoms with Crippen LogP contribution in [-0.2, 0) is 0 Å². The Morgan fingerprint density at radius 3 is 2.45 bits per heavy atom. The Bertz CT molecular complexity index is 415. The highest BCUT2D eigenvalue weighted by atomic mass is 32.1. The molecule has 20 heavy (non-hydrogen) atoms. The van der Waals surface area contributed by atoms with E-state index in [1.807, 2.05) is 4.90 Å². The van der Waals surface area contributed by atoms with Crippen molar-refractivity contribution in [2.24, 2.45) is 5.92 Å². The molecular weight excluding hydrogens is 272 g/mol. The van der Waals surface area contributed by atoms with Gasteiger partial charge >= 0.3 is 0 Å². The van der Waals surface area contributed by atoms with Crippen LogP contribution in [0.15, 0.2) is 5.38 Å². The van der Waals surface area contributed by atoms with E-state index in [1.165, 1.54) is 11.3 Å². The molecule has 2 N–H and O–H groups in total. The molecule has 6 heteroatoms. The molecule has 1 aromatic rings. The summed E-state index contributed by atoms with van der Waals surface area (Å²) >= 11 is 1.31. The van der Waals surface area contributed by atoms with E-state index in [4.69, 9.17) is 5.73 Å². The van der Waals surface area contributed by atoms with Crippen LogP contribution in [0.4, 0.5) is 5.13 Å². The summed E-state index contributed by atoms with van der Waals surface area (Å²) < 4.78 is 0. The minimum absolute atomic E-state index is 0.0150. The number of nitrogens with zero attached hydrogens (tertiary/aromatic N) is 3. The Kier molecular flexibility index (Phi) is 6.95. The van der Waals surface area contributed by atoms with Crippen LogP contribution < -0.4 is 5.73 Å². The number of hydrogen-bond acceptors (Lipinski definition) is 5. The van der Waals surface area contributed by atoms with Gasteiger partial charge < -0.3 is 15.5 Å². The van der Waals surface area contributed by atoms with E-state index in [1.54, 1.807) is 5.38 Å². The third kappa shape index (κ3) is 5.09. The predicted octanol–water partition coefficient (Wildman–Crippen LogP) is 2.17. The van der Waals surface area contributed by atoms with Gasteiger partial charge in [-0.2, -0.15) is 0 Å². The number of carbonyl (C=O) groups is 1. The lowest BCUT2D eigenvalue weighted by atomic mass is 10.2. The molecule has 1 amide bonds. The molecule has 0 saturated carbocycles. The summed E-state index contributed by atoms with van der Waals surface area (Å²) in [6, 6.07) is 0. The molecule has 0 aliphatic carbocycles. The summed E-state index contributed by atoms with van der Waals surface area (Å²) in [6.45, 7) is 12.9. The van der Waals surface area contributed by atoms with Crippen molar-refractivity contribution in [3.8, 4) is 0 Å². The van der Waals surface area contributed by atoms with Crippen molar-refractivity contribution >= 4 is 22.4 Å². The zero-order valence-electron chi connectivity index (χ0n) is 12.9. The molecule has 0 atom stereocenters. The number of aromatic nitrogens is 1. The number of nitrogen functional groups attached to an aromatic ring is 1. The lowest BCUT2D eigenvalue weighted by Crippen LogP contribution is -2.40. The zero-order chi connectivity index (χ0) is 15.1. The maximum Gasteiger partial charge on any atom is 0.273 e. The molecule has 1 aromatic heterocycles. The lowest BCUT2D eigenvalue weighted by molar-refractivity contribution is 0.0711. The van der Waals surface area contributed by atoms with Crippen molar-refractivity contribution in [2.45, 2.75) is 27.7 Å². The molecule has 0 unspecified atom stereocenters. The number of anilines is 1. The van der Waals surface area contributed by atoms with E-state index in [0.29, 0.717) is 16.7 Å². The van der Waals surface area contributed by atoms with E-state index in [-0.39, 0.29) is 5.91 Å². The molecule has 0 aromatic carbocycles. The number of nitrogens with two attached hydrogens (primary N) is 1. The van der Waals surface area contributed by atoms with E-state index in [0.717, 1.165) is 32.7 Å². The van der Waals surface area contributed by atoms with Gasteiger partial charge in [0.2, 0.25) is 0 Å². The maximum atomic E-state index is 12.5. The first-order valence-electron chi connectivity index (χ1n) is 7.20. The molecule has 0 bridgehead atoms. The number of rotatable bonds is 8. The normalized spacial score (nSPS) is 11.3. The minimum Gasteiger partial charge on any atom is -0.375 e. The SMILES string of the molecule is CCN(CC)CCN(CC(C)C)C(=O)c1csc(N)n1. The van der Waals surface area contributed by atoms with Gasteiger partial charge in [-0.05, 0) is 19.0 Å². The standard InChI is InChI=1S/C14H26N4OS/c1-5-17(6-2)7-8-18(9-11(3)4)13(19)12-10-20-14(15)16-12/h10-11H,5-9H2,1-4H3,(H2,15,16). The highest BCUT2D eigenvalue weighted by molar-refractivity contribution is 7.13. The summed E-state index contributed by atoms with van der Waals surface area (Å²) in [4.78, 5) is 20.8. The molecule has 0 saturated heterocycles. The fraction of sp³-hybridized carbons (Fsp3) is 0.714. The predicted molar refractivity (Wildman–Crippen MR) is 85.1 cm³/mol. The Labute approximate surface area is 125 Å². The molecular formula is C14H26N4OS. The van der Waals surface area contributed by atoms with E-state index in [2.05, 4.69) is 37.6 Å². The van der Waals surface area contributed by atoms with Gasteiger partial charge in [-0.25, -0.2) is 4.98 Å². The van der Waals surface area contributed by atoms with Gasteiger partial charge in [0, 0.05) is 25.0 Å². The fourth-order valence-corrected chi connectivity index (χ4v) is 2.60. The van der Waals surface area contributed by atoms with Crippen molar-refractivity contribution in [2.75, 3.05) is 38.5 Å². The molecule has 1 heterocycles. The van der Waals surface area contributed by atoms with Crippen LogP contribution in [0.25, 0.3) is 0 Å². The molecule has 0 aliphatic heterocycles. The molecule has 0 radical (unpaired) electrons. The van der Waals surface area contributed by atoms with Crippen LogP contribution in [0.3, 0.4) is 0 Å². The second kappa shape index (κ2) is 8.21. The smallest absolute Gasteiger partial charge is 0.273 e. The maximum absolute atomic E-state index is 12.5. The summed E-state index contributed by atoms with van der Waals surface area (Å²) in [5.74, 6) is 0.422. The largest absolute Gasteiger partial charge is 0.375 e. The average Bonchev–Trinajstić information content (AvgIpc) is 2.84. The van der Waals surface area contributed by atoms with Gasteiger partial charge in [0.15, 0.2) is 5.13 Å². The van der Waals surface area contributed by atoms with Crippen LogP contribution in [0.5, 0.6) is 0 Å². The molecule has 0 aliphatic rings. The van der Waals surface area contributed by atoms with Gasteiger partial charge in [0.05, 0.1) is 0 Å². The highest BCUT2D eigenvalue weighted by Crippen LogP contribution is 2.14. The first-order chi connectivity index (χ1) is 9.47. The minimum atomic E-state index is -0.0150.